The minimum absolute atomic E-state index is 0.141. The first kappa shape index (κ1) is 17.7. The van der Waals surface area contributed by atoms with Gasteiger partial charge in [-0.3, -0.25) is 9.69 Å². The Balaban J connectivity index is 1.52. The normalized spacial score (nSPS) is 15.4. The predicted molar refractivity (Wildman–Crippen MR) is 108 cm³/mol. The third-order valence-electron chi connectivity index (χ3n) is 5.67. The van der Waals surface area contributed by atoms with Crippen molar-refractivity contribution in [2.24, 2.45) is 7.05 Å². The van der Waals surface area contributed by atoms with E-state index in [0.29, 0.717) is 6.54 Å². The zero-order chi connectivity index (χ0) is 19.0. The zero-order valence-electron chi connectivity index (χ0n) is 15.8. The van der Waals surface area contributed by atoms with Crippen LogP contribution < -0.4 is 10.3 Å². The zero-order valence-corrected chi connectivity index (χ0v) is 15.8. The molecule has 1 aliphatic heterocycles. The van der Waals surface area contributed by atoms with Gasteiger partial charge in [-0.2, -0.15) is 0 Å². The number of pyridine rings is 1. The van der Waals surface area contributed by atoms with E-state index in [1.165, 1.54) is 12.1 Å². The molecule has 0 bridgehead atoms. The molecule has 4 rings (SSSR count). The Morgan fingerprint density at radius 3 is 2.33 bits per heavy atom. The molecule has 1 fully saturated rings. The molecule has 140 valence electrons. The maximum absolute atomic E-state index is 13.1. The Bertz CT molecular complexity index is 1020. The summed E-state index contributed by atoms with van der Waals surface area (Å²) in [6.07, 6.45) is 0. The van der Waals surface area contributed by atoms with Crippen molar-refractivity contribution >= 4 is 16.6 Å². The molecular formula is C22H24FN3O. The number of para-hydroxylation sites is 1. The van der Waals surface area contributed by atoms with Crippen LogP contribution in [0.5, 0.6) is 0 Å². The van der Waals surface area contributed by atoms with Gasteiger partial charge in [0.1, 0.15) is 5.82 Å². The number of rotatable bonds is 3. The van der Waals surface area contributed by atoms with Crippen molar-refractivity contribution in [3.05, 3.63) is 75.8 Å². The number of aromatic nitrogens is 1. The summed E-state index contributed by atoms with van der Waals surface area (Å²) in [7, 11) is 2.02. The predicted octanol–water partition coefficient (Wildman–Crippen LogP) is 3.31. The van der Waals surface area contributed by atoms with E-state index in [1.54, 1.807) is 0 Å². The fourth-order valence-corrected chi connectivity index (χ4v) is 3.89. The van der Waals surface area contributed by atoms with Gasteiger partial charge in [-0.15, -0.1) is 0 Å². The van der Waals surface area contributed by atoms with E-state index >= 15 is 0 Å². The summed E-state index contributed by atoms with van der Waals surface area (Å²) >= 11 is 0. The first-order chi connectivity index (χ1) is 13.0. The quantitative estimate of drug-likeness (QED) is 0.713. The summed E-state index contributed by atoms with van der Waals surface area (Å²) in [6.45, 7) is 6.20. The molecule has 0 aliphatic carbocycles. The van der Waals surface area contributed by atoms with Crippen LogP contribution in [0.25, 0.3) is 10.9 Å². The molecule has 0 N–H and O–H groups in total. The lowest BCUT2D eigenvalue weighted by Crippen LogP contribution is -2.46. The Hall–Kier alpha value is -2.66. The van der Waals surface area contributed by atoms with Crippen molar-refractivity contribution < 1.29 is 4.39 Å². The molecule has 4 nitrogen and oxygen atoms in total. The highest BCUT2D eigenvalue weighted by Gasteiger charge is 2.20. The molecule has 2 heterocycles. The van der Waals surface area contributed by atoms with Gasteiger partial charge in [0.25, 0.3) is 0 Å². The van der Waals surface area contributed by atoms with E-state index in [4.69, 9.17) is 0 Å². The van der Waals surface area contributed by atoms with Gasteiger partial charge in [0.2, 0.25) is 0 Å². The summed E-state index contributed by atoms with van der Waals surface area (Å²) in [4.78, 5) is 17.6. The summed E-state index contributed by atoms with van der Waals surface area (Å²) in [5.74, 6) is -0.208. The van der Waals surface area contributed by atoms with Crippen molar-refractivity contribution in [3.8, 4) is 0 Å². The fraction of sp³-hybridized carbons (Fsp3) is 0.318. The fourth-order valence-electron chi connectivity index (χ4n) is 3.89. The van der Waals surface area contributed by atoms with Crippen LogP contribution in [0.1, 0.15) is 11.3 Å². The second-order valence-corrected chi connectivity index (χ2v) is 7.21. The first-order valence-electron chi connectivity index (χ1n) is 9.34. The lowest BCUT2D eigenvalue weighted by Gasteiger charge is -2.36. The van der Waals surface area contributed by atoms with Crippen molar-refractivity contribution in [2.45, 2.75) is 13.5 Å². The topological polar surface area (TPSA) is 28.5 Å². The van der Waals surface area contributed by atoms with Crippen molar-refractivity contribution in [1.82, 2.24) is 9.47 Å². The molecule has 1 aliphatic rings. The monoisotopic (exact) mass is 365 g/mol. The largest absolute Gasteiger partial charge is 0.369 e. The highest BCUT2D eigenvalue weighted by Crippen LogP contribution is 2.19. The van der Waals surface area contributed by atoms with Gasteiger partial charge < -0.3 is 9.47 Å². The highest BCUT2D eigenvalue weighted by atomic mass is 19.1. The maximum Gasteiger partial charge on any atom is 0.194 e. The standard InChI is InChI=1S/C22H24FN3O/c1-16-20(22(27)19-5-3-4-6-21(19)24(16)2)15-25-11-13-26(14-12-25)18-9-7-17(23)8-10-18/h3-10H,11-15H2,1-2H3. The van der Waals surface area contributed by atoms with E-state index in [-0.39, 0.29) is 11.2 Å². The van der Waals surface area contributed by atoms with E-state index < -0.39 is 0 Å². The van der Waals surface area contributed by atoms with Gasteiger partial charge in [-0.25, -0.2) is 4.39 Å². The number of nitrogens with zero attached hydrogens (tertiary/aromatic N) is 3. The number of anilines is 1. The molecule has 0 unspecified atom stereocenters. The van der Waals surface area contributed by atoms with Crippen LogP contribution in [0.2, 0.25) is 0 Å². The Morgan fingerprint density at radius 2 is 1.63 bits per heavy atom. The lowest BCUT2D eigenvalue weighted by atomic mass is 10.1. The average Bonchev–Trinajstić information content (AvgIpc) is 2.71. The molecule has 0 saturated carbocycles. The molecule has 0 radical (unpaired) electrons. The molecule has 1 aromatic heterocycles. The van der Waals surface area contributed by atoms with Crippen LogP contribution in [-0.4, -0.2) is 35.6 Å². The summed E-state index contributed by atoms with van der Waals surface area (Å²) in [6, 6.07) is 14.5. The average molecular weight is 365 g/mol. The number of aryl methyl sites for hydroxylation is 1. The van der Waals surface area contributed by atoms with Gasteiger partial charge in [-0.1, -0.05) is 12.1 Å². The molecule has 0 spiro atoms. The van der Waals surface area contributed by atoms with Gasteiger partial charge in [0.05, 0.1) is 5.52 Å². The molecule has 1 saturated heterocycles. The summed E-state index contributed by atoms with van der Waals surface area (Å²) in [5, 5.41) is 0.783. The Kier molecular flexibility index (Phi) is 4.70. The first-order valence-corrected chi connectivity index (χ1v) is 9.34. The minimum Gasteiger partial charge on any atom is -0.369 e. The van der Waals surface area contributed by atoms with Crippen LogP contribution in [0.4, 0.5) is 10.1 Å². The van der Waals surface area contributed by atoms with Crippen LogP contribution in [0.15, 0.2) is 53.3 Å². The van der Waals surface area contributed by atoms with Crippen LogP contribution >= 0.6 is 0 Å². The molecule has 5 heteroatoms. The molecule has 27 heavy (non-hydrogen) atoms. The molecule has 3 aromatic rings. The Morgan fingerprint density at radius 1 is 0.963 bits per heavy atom. The Labute approximate surface area is 158 Å². The number of benzene rings is 2. The third kappa shape index (κ3) is 3.35. The number of halogens is 1. The molecule has 0 amide bonds. The second-order valence-electron chi connectivity index (χ2n) is 7.21. The van der Waals surface area contributed by atoms with Crippen LogP contribution in [-0.2, 0) is 13.6 Å². The van der Waals surface area contributed by atoms with Crippen molar-refractivity contribution in [1.29, 1.82) is 0 Å². The maximum atomic E-state index is 13.1. The van der Waals surface area contributed by atoms with E-state index in [9.17, 15) is 9.18 Å². The minimum atomic E-state index is -0.208. The molecular weight excluding hydrogens is 341 g/mol. The molecule has 2 aromatic carbocycles. The lowest BCUT2D eigenvalue weighted by molar-refractivity contribution is 0.248. The van der Waals surface area contributed by atoms with E-state index in [2.05, 4.69) is 14.4 Å². The second kappa shape index (κ2) is 7.16. The molecule has 0 atom stereocenters. The van der Waals surface area contributed by atoms with E-state index in [1.807, 2.05) is 50.4 Å². The van der Waals surface area contributed by atoms with Gasteiger partial charge in [0, 0.05) is 62.1 Å². The van der Waals surface area contributed by atoms with Crippen molar-refractivity contribution in [3.63, 3.8) is 0 Å². The smallest absolute Gasteiger partial charge is 0.194 e. The number of fused-ring (bicyclic) bond motifs is 1. The van der Waals surface area contributed by atoms with Gasteiger partial charge in [0.15, 0.2) is 5.43 Å². The SMILES string of the molecule is Cc1c(CN2CCN(c3ccc(F)cc3)CC2)c(=O)c2ccccc2n1C. The third-order valence-corrected chi connectivity index (χ3v) is 5.67. The van der Waals surface area contributed by atoms with Crippen LogP contribution in [0.3, 0.4) is 0 Å². The number of hydrogen-bond donors (Lipinski definition) is 0. The van der Waals surface area contributed by atoms with Gasteiger partial charge >= 0.3 is 0 Å². The van der Waals surface area contributed by atoms with Crippen LogP contribution in [0, 0.1) is 12.7 Å². The summed E-state index contributed by atoms with van der Waals surface area (Å²) in [5.41, 5.74) is 4.08. The summed E-state index contributed by atoms with van der Waals surface area (Å²) < 4.78 is 15.2. The highest BCUT2D eigenvalue weighted by molar-refractivity contribution is 5.80. The van der Waals surface area contributed by atoms with Crippen molar-refractivity contribution in [2.75, 3.05) is 31.1 Å². The number of piperazine rings is 1. The number of hydrogen-bond acceptors (Lipinski definition) is 3. The van der Waals surface area contributed by atoms with E-state index in [0.717, 1.165) is 54.0 Å². The van der Waals surface area contributed by atoms with Gasteiger partial charge in [-0.05, 0) is 43.3 Å².